The number of fused-ring (bicyclic) bond motifs is 5. The van der Waals surface area contributed by atoms with Gasteiger partial charge in [0.2, 0.25) is 56.1 Å². The monoisotopic (exact) mass is 1670 g/mol. The van der Waals surface area contributed by atoms with Crippen molar-refractivity contribution in [2.45, 2.75) is 90.0 Å². The predicted molar refractivity (Wildman–Crippen MR) is 524 cm³/mol. The van der Waals surface area contributed by atoms with Gasteiger partial charge in [-0.15, -0.1) is 0 Å². The molecule has 0 saturated carbocycles. The number of rotatable bonds is 10. The molecule has 128 heavy (non-hydrogen) atoms. The molecule has 13 nitrogen and oxygen atoms in total. The minimum Gasteiger partial charge on any atom is -0.265 e. The van der Waals surface area contributed by atoms with Gasteiger partial charge < -0.3 is 0 Å². The Morgan fingerprint density at radius 1 is 0.203 bits per heavy atom. The normalized spacial score (nSPS) is 11.0. The largest absolute Gasteiger partial charge is 0.265 e. The first-order chi connectivity index (χ1) is 62.0. The van der Waals surface area contributed by atoms with E-state index in [2.05, 4.69) is 437 Å². The fourth-order valence-electron chi connectivity index (χ4n) is 18.2. The number of hydrogen-bond donors (Lipinski definition) is 0. The summed E-state index contributed by atoms with van der Waals surface area (Å²) in [4.78, 5) is 34.5. The van der Waals surface area contributed by atoms with Crippen LogP contribution in [0.5, 0.6) is 0 Å². The maximum absolute atomic E-state index is 4.64. The summed E-state index contributed by atoms with van der Waals surface area (Å²) >= 11 is 0. The van der Waals surface area contributed by atoms with Crippen LogP contribution >= 0.6 is 0 Å². The zero-order chi connectivity index (χ0) is 89.6. The van der Waals surface area contributed by atoms with E-state index < -0.39 is 0 Å². The van der Waals surface area contributed by atoms with Crippen LogP contribution in [0.25, 0.3) is 167 Å². The molecule has 0 aliphatic carbocycles. The Morgan fingerprint density at radius 3 is 0.914 bits per heavy atom. The first kappa shape index (κ1) is 86.3. The third kappa shape index (κ3) is 17.7. The lowest BCUT2D eigenvalue weighted by molar-refractivity contribution is -0.633. The van der Waals surface area contributed by atoms with E-state index in [1.54, 1.807) is 25.2 Å². The Morgan fingerprint density at radius 2 is 0.539 bits per heavy atom. The summed E-state index contributed by atoms with van der Waals surface area (Å²) in [7, 11) is 10.7. The second-order valence-corrected chi connectivity index (χ2v) is 33.7. The summed E-state index contributed by atoms with van der Waals surface area (Å²) in [5.41, 5.74) is 45.3. The number of pyridine rings is 8. The lowest BCUT2D eigenvalue weighted by Gasteiger charge is -2.14. The highest BCUT2D eigenvalue weighted by Gasteiger charge is 2.31. The number of aromatic nitrogens is 13. The molecule has 10 aromatic heterocycles. The molecule has 10 aromatic carbocycles. The molecule has 0 radical (unpaired) electrons. The molecule has 20 aromatic rings. The van der Waals surface area contributed by atoms with Crippen LogP contribution in [0.2, 0.25) is 0 Å². The standard InChI is InChI=1S/3C24H23N2.C23H22N3.C20H17N4/c1-16-13-17(2)18(3)20(14-16)24-21(22-10-7-8-12-25-22)15-19-9-5-6-11-23(19)26(24)4;1-16-12-17(2)18(3)21(13-16)24-22(20-9-7-11-25-15-20)14-19-8-5-6-10-23(19)26(24)4;1-16-13-17(2)18(3)21(14-16)24-22(19-9-11-25-12-10-19)15-20-7-5-6-8-23(20)26(24)4;1-15-11-16(2)17(3)19(12-15)23-20(21-9-10-24-14-25-21)13-18-7-5-6-8-22(18)26(23)4;1-14-7-3-5-9-16(14)19-17(20-22-12-21-13-23-20)11-15-8-4-6-10-18(15)24(19)2/h3*5-15H,1-4H3;5-14H,1-4H3;3-13H,1-2H3/q5*+1. The highest BCUT2D eigenvalue weighted by molar-refractivity contribution is 5.94. The maximum atomic E-state index is 4.64. The van der Waals surface area contributed by atoms with Gasteiger partial charge in [-0.1, -0.05) is 138 Å². The Kier molecular flexibility index (Phi) is 25.4. The van der Waals surface area contributed by atoms with Crippen LogP contribution in [-0.4, -0.2) is 39.9 Å². The van der Waals surface area contributed by atoms with Crippen LogP contribution in [0.3, 0.4) is 0 Å². The van der Waals surface area contributed by atoms with Gasteiger partial charge in [0.1, 0.15) is 54.2 Å². The van der Waals surface area contributed by atoms with Gasteiger partial charge in [-0.2, -0.15) is 22.8 Å². The van der Waals surface area contributed by atoms with E-state index in [0.717, 1.165) is 39.2 Å². The predicted octanol–water partition coefficient (Wildman–Crippen LogP) is 24.2. The van der Waals surface area contributed by atoms with E-state index in [0.29, 0.717) is 5.82 Å². The van der Waals surface area contributed by atoms with Crippen molar-refractivity contribution < 1.29 is 22.8 Å². The van der Waals surface area contributed by atoms with Crippen LogP contribution < -0.4 is 22.8 Å². The van der Waals surface area contributed by atoms with Crippen molar-refractivity contribution in [1.29, 1.82) is 0 Å². The fourth-order valence-corrected chi connectivity index (χ4v) is 18.2. The third-order valence-electron chi connectivity index (χ3n) is 25.1. The van der Waals surface area contributed by atoms with Crippen LogP contribution in [0.4, 0.5) is 0 Å². The molecule has 0 unspecified atom stereocenters. The summed E-state index contributed by atoms with van der Waals surface area (Å²) in [6.45, 7) is 28.4. The molecule has 0 aliphatic rings. The molecule has 20 rings (SSSR count). The topological polar surface area (TPSA) is 123 Å². The third-order valence-corrected chi connectivity index (χ3v) is 25.1. The second-order valence-electron chi connectivity index (χ2n) is 33.7. The molecular weight excluding hydrogens is 1560 g/mol. The van der Waals surface area contributed by atoms with Crippen molar-refractivity contribution >= 4 is 54.5 Å². The van der Waals surface area contributed by atoms with Gasteiger partial charge in [0.15, 0.2) is 5.82 Å². The van der Waals surface area contributed by atoms with E-state index in [9.17, 15) is 0 Å². The molecule has 0 fully saturated rings. The number of para-hydroxylation sites is 5. The van der Waals surface area contributed by atoms with Crippen molar-refractivity contribution in [3.05, 3.63) is 401 Å². The molecule has 0 spiro atoms. The number of nitrogens with zero attached hydrogens (tertiary/aromatic N) is 13. The van der Waals surface area contributed by atoms with Gasteiger partial charge in [0, 0.05) is 106 Å². The van der Waals surface area contributed by atoms with Crippen LogP contribution in [-0.2, 0) is 35.2 Å². The number of aryl methyl sites for hydroxylation is 14. The summed E-state index contributed by atoms with van der Waals surface area (Å²) in [5.74, 6) is 0.685. The van der Waals surface area contributed by atoms with Gasteiger partial charge in [0.25, 0.3) is 0 Å². The van der Waals surface area contributed by atoms with E-state index in [-0.39, 0.29) is 0 Å². The molecule has 0 saturated heterocycles. The van der Waals surface area contributed by atoms with Crippen LogP contribution in [0, 0.1) is 90.0 Å². The second kappa shape index (κ2) is 37.7. The highest BCUT2D eigenvalue weighted by atomic mass is 15.0. The highest BCUT2D eigenvalue weighted by Crippen LogP contribution is 2.41. The lowest BCUT2D eigenvalue weighted by Crippen LogP contribution is -2.33. The first-order valence-corrected chi connectivity index (χ1v) is 43.6. The van der Waals surface area contributed by atoms with Crippen molar-refractivity contribution in [3.8, 4) is 112 Å². The minimum absolute atomic E-state index is 0.685. The van der Waals surface area contributed by atoms with Crippen LogP contribution in [0.15, 0.2) is 329 Å². The van der Waals surface area contributed by atoms with Crippen molar-refractivity contribution in [2.75, 3.05) is 0 Å². The zero-order valence-corrected chi connectivity index (χ0v) is 76.5. The molecule has 0 bridgehead atoms. The van der Waals surface area contributed by atoms with Gasteiger partial charge in [-0.25, -0.2) is 24.9 Å². The van der Waals surface area contributed by atoms with Crippen LogP contribution in [0.1, 0.15) is 72.3 Å². The lowest BCUT2D eigenvalue weighted by atomic mass is 9.92. The number of hydrogen-bond acceptors (Lipinski definition) is 8. The molecular formula is C115H108N13+5. The Balaban J connectivity index is 0.000000118. The molecule has 0 amide bonds. The average Bonchev–Trinajstić information content (AvgIpc) is 0.779. The Bertz CT molecular complexity index is 6840. The fraction of sp³-hybridized carbons (Fsp3) is 0.157. The van der Waals surface area contributed by atoms with Crippen molar-refractivity contribution in [3.63, 3.8) is 0 Å². The molecule has 628 valence electrons. The molecule has 13 heteroatoms. The first-order valence-electron chi connectivity index (χ1n) is 43.6. The zero-order valence-electron chi connectivity index (χ0n) is 76.5. The Labute approximate surface area is 751 Å². The van der Waals surface area contributed by atoms with Gasteiger partial charge >= 0.3 is 0 Å². The summed E-state index contributed by atoms with van der Waals surface area (Å²) in [6, 6.07) is 96.7. The summed E-state index contributed by atoms with van der Waals surface area (Å²) in [5, 5.41) is 6.07. The van der Waals surface area contributed by atoms with Crippen molar-refractivity contribution in [1.82, 2.24) is 39.9 Å². The minimum atomic E-state index is 0.685. The summed E-state index contributed by atoms with van der Waals surface area (Å²) < 4.78 is 11.5. The molecule has 10 heterocycles. The quantitative estimate of drug-likeness (QED) is 0.124. The smallest absolute Gasteiger partial charge is 0.224 e. The van der Waals surface area contributed by atoms with Gasteiger partial charge in [-0.3, -0.25) is 15.0 Å². The van der Waals surface area contributed by atoms with E-state index in [4.69, 9.17) is 0 Å². The Hall–Kier alpha value is -15.2. The molecule has 0 N–H and O–H groups in total. The molecule has 0 atom stereocenters. The maximum Gasteiger partial charge on any atom is 0.224 e. The van der Waals surface area contributed by atoms with E-state index in [1.165, 1.54) is 194 Å². The van der Waals surface area contributed by atoms with Crippen molar-refractivity contribution in [2.24, 2.45) is 35.2 Å². The van der Waals surface area contributed by atoms with Gasteiger partial charge in [-0.05, 0) is 273 Å². The van der Waals surface area contributed by atoms with Gasteiger partial charge in [0.05, 0.1) is 61.5 Å². The average molecular weight is 1670 g/mol. The van der Waals surface area contributed by atoms with E-state index in [1.807, 2.05) is 55.2 Å². The number of benzene rings is 10. The SMILES string of the molecule is Cc1cc(C)c(C)c(-c2c(-c3ccccn3)cc3ccccc3[n+]2C)c1.Cc1cc(C)c(C)c(-c2c(-c3cccnc3)cc3ccccc3[n+]2C)c1.Cc1cc(C)c(C)c(-c2c(-c3ccncc3)cc3ccccc3[n+]2C)c1.Cc1cc(C)c(C)c(-c2c(-c3ccncn3)cc3ccccc3[n+]2C)c1.Cc1ccccc1-c1c(-c2ncncn2)cc2ccccc2[n+]1C. The van der Waals surface area contributed by atoms with E-state index >= 15 is 0 Å². The molecule has 0 aliphatic heterocycles. The summed E-state index contributed by atoms with van der Waals surface area (Å²) in [6.07, 6.45) is 15.9.